The van der Waals surface area contributed by atoms with Gasteiger partial charge in [0, 0.05) is 35.5 Å². The number of methoxy groups -OCH3 is 1. The molecule has 26 heavy (non-hydrogen) atoms. The fourth-order valence-electron chi connectivity index (χ4n) is 2.88. The Bertz CT molecular complexity index is 847. The lowest BCUT2D eigenvalue weighted by Gasteiger charge is -2.26. The normalized spacial score (nSPS) is 16.0. The van der Waals surface area contributed by atoms with Crippen LogP contribution in [0.5, 0.6) is 5.75 Å². The second-order valence-electron chi connectivity index (χ2n) is 6.49. The SMILES string of the molecule is COc1cccc(NC(=O)N2CCc3nc(NC(=O)C4CC4)sc3C2)c1. The van der Waals surface area contributed by atoms with Crippen LogP contribution in [-0.2, 0) is 17.8 Å². The summed E-state index contributed by atoms with van der Waals surface area (Å²) < 4.78 is 5.18. The fraction of sp³-hybridized carbons (Fsp3) is 0.389. The van der Waals surface area contributed by atoms with Gasteiger partial charge in [0.15, 0.2) is 5.13 Å². The van der Waals surface area contributed by atoms with Crippen LogP contribution in [0.3, 0.4) is 0 Å². The van der Waals surface area contributed by atoms with Crippen molar-refractivity contribution in [1.82, 2.24) is 9.88 Å². The van der Waals surface area contributed by atoms with Crippen LogP contribution in [0.1, 0.15) is 23.4 Å². The van der Waals surface area contributed by atoms with Crippen molar-refractivity contribution in [3.05, 3.63) is 34.8 Å². The highest BCUT2D eigenvalue weighted by Gasteiger charge is 2.31. The van der Waals surface area contributed by atoms with E-state index in [1.54, 1.807) is 18.1 Å². The van der Waals surface area contributed by atoms with Crippen molar-refractivity contribution in [2.45, 2.75) is 25.8 Å². The van der Waals surface area contributed by atoms with Gasteiger partial charge in [0.25, 0.3) is 0 Å². The number of nitrogens with one attached hydrogen (secondary N) is 2. The summed E-state index contributed by atoms with van der Waals surface area (Å²) in [6, 6.07) is 7.12. The largest absolute Gasteiger partial charge is 0.497 e. The molecule has 1 saturated carbocycles. The molecule has 1 aliphatic carbocycles. The number of carbonyl (C=O) groups is 2. The Kier molecular flexibility index (Phi) is 4.50. The molecule has 0 saturated heterocycles. The summed E-state index contributed by atoms with van der Waals surface area (Å²) in [4.78, 5) is 31.7. The van der Waals surface area contributed by atoms with Crippen molar-refractivity contribution < 1.29 is 14.3 Å². The molecule has 2 aromatic rings. The van der Waals surface area contributed by atoms with E-state index in [1.807, 2.05) is 18.2 Å². The second kappa shape index (κ2) is 6.95. The molecule has 8 heteroatoms. The van der Waals surface area contributed by atoms with Crippen molar-refractivity contribution in [2.24, 2.45) is 5.92 Å². The standard InChI is InChI=1S/C18H20N4O3S/c1-25-13-4-2-3-12(9-13)19-18(24)22-8-7-14-15(10-22)26-17(20-14)21-16(23)11-5-6-11/h2-4,9,11H,5-8,10H2,1H3,(H,19,24)(H,20,21,23). The van der Waals surface area contributed by atoms with E-state index in [2.05, 4.69) is 15.6 Å². The molecular formula is C18H20N4O3S. The summed E-state index contributed by atoms with van der Waals surface area (Å²) in [6.07, 6.45) is 2.63. The zero-order valence-electron chi connectivity index (χ0n) is 14.4. The number of hydrogen-bond donors (Lipinski definition) is 2. The maximum absolute atomic E-state index is 12.5. The zero-order valence-corrected chi connectivity index (χ0v) is 15.3. The number of carbonyl (C=O) groups excluding carboxylic acids is 2. The lowest BCUT2D eigenvalue weighted by atomic mass is 10.2. The number of urea groups is 1. The van der Waals surface area contributed by atoms with E-state index >= 15 is 0 Å². The van der Waals surface area contributed by atoms with Crippen molar-refractivity contribution in [1.29, 1.82) is 0 Å². The van der Waals surface area contributed by atoms with Gasteiger partial charge in [0.1, 0.15) is 5.75 Å². The Hall–Kier alpha value is -2.61. The van der Waals surface area contributed by atoms with Gasteiger partial charge in [-0.25, -0.2) is 9.78 Å². The Morgan fingerprint density at radius 1 is 1.31 bits per heavy atom. The summed E-state index contributed by atoms with van der Waals surface area (Å²) in [5.41, 5.74) is 1.67. The maximum Gasteiger partial charge on any atom is 0.322 e. The predicted molar refractivity (Wildman–Crippen MR) is 99.6 cm³/mol. The van der Waals surface area contributed by atoms with Crippen molar-refractivity contribution in [3.63, 3.8) is 0 Å². The molecule has 2 aliphatic rings. The van der Waals surface area contributed by atoms with Gasteiger partial charge in [0.2, 0.25) is 5.91 Å². The van der Waals surface area contributed by atoms with E-state index < -0.39 is 0 Å². The van der Waals surface area contributed by atoms with Crippen molar-refractivity contribution in [2.75, 3.05) is 24.3 Å². The first-order valence-corrected chi connectivity index (χ1v) is 9.43. The van der Waals surface area contributed by atoms with Crippen molar-refractivity contribution >= 4 is 34.1 Å². The van der Waals surface area contributed by atoms with Gasteiger partial charge >= 0.3 is 6.03 Å². The third-order valence-corrected chi connectivity index (χ3v) is 5.52. The molecule has 3 amide bonds. The average molecular weight is 372 g/mol. The van der Waals surface area contributed by atoms with Gasteiger partial charge in [-0.2, -0.15) is 0 Å². The number of nitrogens with zero attached hydrogens (tertiary/aromatic N) is 2. The maximum atomic E-state index is 12.5. The van der Waals surface area contributed by atoms with Crippen LogP contribution < -0.4 is 15.4 Å². The Morgan fingerprint density at radius 3 is 2.92 bits per heavy atom. The van der Waals surface area contributed by atoms with Crippen LogP contribution in [-0.4, -0.2) is 35.5 Å². The molecule has 2 N–H and O–H groups in total. The zero-order chi connectivity index (χ0) is 18.1. The second-order valence-corrected chi connectivity index (χ2v) is 7.57. The molecule has 0 spiro atoms. The van der Waals surface area contributed by atoms with E-state index in [4.69, 9.17) is 4.74 Å². The molecular weight excluding hydrogens is 352 g/mol. The molecule has 136 valence electrons. The van der Waals surface area contributed by atoms with Gasteiger partial charge < -0.3 is 20.3 Å². The van der Waals surface area contributed by atoms with E-state index in [0.29, 0.717) is 36.1 Å². The number of aromatic nitrogens is 1. The fourth-order valence-corrected chi connectivity index (χ4v) is 3.91. The number of ether oxygens (including phenoxy) is 1. The van der Waals surface area contributed by atoms with Crippen LogP contribution in [0.25, 0.3) is 0 Å². The summed E-state index contributed by atoms with van der Waals surface area (Å²) in [5, 5.41) is 6.43. The number of thiazole rings is 1. The van der Waals surface area contributed by atoms with Crippen LogP contribution in [0.2, 0.25) is 0 Å². The highest BCUT2D eigenvalue weighted by Crippen LogP contribution is 2.33. The van der Waals surface area contributed by atoms with E-state index in [1.165, 1.54) is 11.3 Å². The summed E-state index contributed by atoms with van der Waals surface area (Å²) in [5.74, 6) is 0.909. The van der Waals surface area contributed by atoms with Crippen LogP contribution in [0.15, 0.2) is 24.3 Å². The summed E-state index contributed by atoms with van der Waals surface area (Å²) in [6.45, 7) is 1.10. The van der Waals surface area contributed by atoms with Gasteiger partial charge in [0.05, 0.1) is 19.3 Å². The Labute approximate surface area is 155 Å². The topological polar surface area (TPSA) is 83.6 Å². The predicted octanol–water partition coefficient (Wildman–Crippen LogP) is 3.09. The van der Waals surface area contributed by atoms with E-state index in [-0.39, 0.29) is 17.9 Å². The minimum absolute atomic E-state index is 0.0590. The number of rotatable bonds is 4. The quantitative estimate of drug-likeness (QED) is 0.864. The smallest absolute Gasteiger partial charge is 0.322 e. The third kappa shape index (κ3) is 3.65. The highest BCUT2D eigenvalue weighted by molar-refractivity contribution is 7.15. The Morgan fingerprint density at radius 2 is 2.15 bits per heavy atom. The summed E-state index contributed by atoms with van der Waals surface area (Å²) in [7, 11) is 1.59. The number of anilines is 2. The summed E-state index contributed by atoms with van der Waals surface area (Å²) >= 11 is 1.46. The molecule has 1 aromatic carbocycles. The van der Waals surface area contributed by atoms with E-state index in [0.717, 1.165) is 23.4 Å². The molecule has 0 unspecified atom stereocenters. The number of amides is 3. The minimum Gasteiger partial charge on any atom is -0.497 e. The molecule has 4 rings (SSSR count). The average Bonchev–Trinajstić information content (AvgIpc) is 3.42. The van der Waals surface area contributed by atoms with E-state index in [9.17, 15) is 9.59 Å². The van der Waals surface area contributed by atoms with Gasteiger partial charge in [-0.3, -0.25) is 4.79 Å². The Balaban J connectivity index is 1.40. The molecule has 1 aliphatic heterocycles. The lowest BCUT2D eigenvalue weighted by molar-refractivity contribution is -0.117. The van der Waals surface area contributed by atoms with Crippen LogP contribution in [0, 0.1) is 5.92 Å². The van der Waals surface area contributed by atoms with Crippen LogP contribution in [0.4, 0.5) is 15.6 Å². The van der Waals surface area contributed by atoms with Gasteiger partial charge in [-0.1, -0.05) is 17.4 Å². The lowest BCUT2D eigenvalue weighted by Crippen LogP contribution is -2.38. The molecule has 0 bridgehead atoms. The van der Waals surface area contributed by atoms with Gasteiger partial charge in [-0.15, -0.1) is 0 Å². The number of fused-ring (bicyclic) bond motifs is 1. The van der Waals surface area contributed by atoms with Gasteiger partial charge in [-0.05, 0) is 25.0 Å². The number of benzene rings is 1. The van der Waals surface area contributed by atoms with Crippen LogP contribution >= 0.6 is 11.3 Å². The molecule has 0 atom stereocenters. The third-order valence-electron chi connectivity index (χ3n) is 4.52. The first kappa shape index (κ1) is 16.8. The van der Waals surface area contributed by atoms with Crippen molar-refractivity contribution in [3.8, 4) is 5.75 Å². The first-order valence-electron chi connectivity index (χ1n) is 8.62. The monoisotopic (exact) mass is 372 g/mol. The molecule has 1 fully saturated rings. The molecule has 0 radical (unpaired) electrons. The first-order chi connectivity index (χ1) is 12.6. The highest BCUT2D eigenvalue weighted by atomic mass is 32.1. The number of hydrogen-bond acceptors (Lipinski definition) is 5. The molecule has 1 aromatic heterocycles. The molecule has 2 heterocycles. The molecule has 7 nitrogen and oxygen atoms in total. The minimum atomic E-state index is -0.152.